The van der Waals surface area contributed by atoms with Crippen LogP contribution in [0.4, 0.5) is 0 Å². The Balaban J connectivity index is 3.63. The van der Waals surface area contributed by atoms with Crippen molar-refractivity contribution in [3.8, 4) is 0 Å². The number of phosphoric ester groups is 1. The van der Waals surface area contributed by atoms with Gasteiger partial charge < -0.3 is 19.4 Å². The predicted molar refractivity (Wildman–Crippen MR) is 162 cm³/mol. The molecule has 0 aromatic carbocycles. The normalized spacial score (nSPS) is 14.6. The Labute approximate surface area is 237 Å². The van der Waals surface area contributed by atoms with Gasteiger partial charge in [-0.15, -0.1) is 0 Å². The summed E-state index contributed by atoms with van der Waals surface area (Å²) in [5, 5.41) is 3.17. The molecule has 0 saturated carbocycles. The molecule has 0 aromatic heterocycles. The Bertz CT molecular complexity index is 545. The molecule has 0 heterocycles. The van der Waals surface area contributed by atoms with E-state index in [1.165, 1.54) is 109 Å². The second-order valence-electron chi connectivity index (χ2n) is 11.9. The summed E-state index contributed by atoms with van der Waals surface area (Å²) < 4.78 is 29.3. The number of hydrogen-bond acceptors (Lipinski definition) is 5. The summed E-state index contributed by atoms with van der Waals surface area (Å²) >= 11 is 0. The Morgan fingerprint density at radius 3 is 1.58 bits per heavy atom. The third kappa shape index (κ3) is 29.0. The number of likely N-dealkylation sites (N-methyl/N-ethyl adjacent to an activating group) is 2. The van der Waals surface area contributed by atoms with Crippen LogP contribution in [0.25, 0.3) is 0 Å². The maximum atomic E-state index is 12.3. The summed E-state index contributed by atoms with van der Waals surface area (Å²) in [6.07, 6.45) is 24.0. The van der Waals surface area contributed by atoms with Crippen LogP contribution in [-0.4, -0.2) is 76.1 Å². The molecule has 2 N–H and O–H groups in total. The fourth-order valence-electron chi connectivity index (χ4n) is 4.40. The molecule has 2 atom stereocenters. The maximum absolute atomic E-state index is 12.3. The van der Waals surface area contributed by atoms with Crippen molar-refractivity contribution in [2.24, 2.45) is 0 Å². The topological polar surface area (TPSA) is 77.0 Å². The van der Waals surface area contributed by atoms with Crippen LogP contribution in [0, 0.1) is 0 Å². The van der Waals surface area contributed by atoms with E-state index in [9.17, 15) is 9.46 Å². The van der Waals surface area contributed by atoms with Crippen molar-refractivity contribution in [1.82, 2.24) is 5.32 Å². The van der Waals surface area contributed by atoms with Crippen molar-refractivity contribution in [1.29, 1.82) is 0 Å². The number of phosphoric acid groups is 1. The molecule has 0 aliphatic carbocycles. The van der Waals surface area contributed by atoms with Crippen LogP contribution < -0.4 is 5.32 Å². The molecule has 8 heteroatoms. The minimum Gasteiger partial charge on any atom is -0.379 e. The molecule has 0 amide bonds. The summed E-state index contributed by atoms with van der Waals surface area (Å²) in [5.41, 5.74) is 0. The number of nitrogens with zero attached hydrogens (tertiary/aromatic N) is 1. The minimum atomic E-state index is -4.10. The van der Waals surface area contributed by atoms with E-state index < -0.39 is 13.9 Å². The van der Waals surface area contributed by atoms with Crippen molar-refractivity contribution in [2.75, 3.05) is 60.6 Å². The summed E-state index contributed by atoms with van der Waals surface area (Å²) in [6.45, 7) is 7.24. The highest BCUT2D eigenvalue weighted by Crippen LogP contribution is 2.44. The lowest BCUT2D eigenvalue weighted by molar-refractivity contribution is -0.870. The molecule has 0 radical (unpaired) electrons. The van der Waals surface area contributed by atoms with Crippen LogP contribution in [0.1, 0.15) is 129 Å². The van der Waals surface area contributed by atoms with Gasteiger partial charge >= 0.3 is 7.82 Å². The molecule has 0 saturated heterocycles. The highest BCUT2D eigenvalue weighted by atomic mass is 31.2. The van der Waals surface area contributed by atoms with Crippen molar-refractivity contribution in [3.05, 3.63) is 0 Å². The van der Waals surface area contributed by atoms with E-state index in [-0.39, 0.29) is 13.2 Å². The summed E-state index contributed by atoms with van der Waals surface area (Å²) in [4.78, 5) is 10.1. The zero-order valence-electron chi connectivity index (χ0n) is 26.0. The van der Waals surface area contributed by atoms with Gasteiger partial charge in [0.15, 0.2) is 0 Å². The van der Waals surface area contributed by atoms with Gasteiger partial charge in [0.05, 0.1) is 27.7 Å². The zero-order chi connectivity index (χ0) is 28.4. The first-order valence-corrected chi connectivity index (χ1v) is 17.4. The van der Waals surface area contributed by atoms with Crippen LogP contribution in [-0.2, 0) is 18.3 Å². The van der Waals surface area contributed by atoms with Gasteiger partial charge in [0, 0.05) is 13.2 Å². The third-order valence-corrected chi connectivity index (χ3v) is 7.94. The Kier molecular flexibility index (Phi) is 25.9. The fraction of sp³-hybridized carbons (Fsp3) is 1.00. The number of rotatable bonds is 30. The molecule has 2 unspecified atom stereocenters. The molecule has 0 spiro atoms. The average Bonchev–Trinajstić information content (AvgIpc) is 2.84. The van der Waals surface area contributed by atoms with Crippen molar-refractivity contribution >= 4 is 7.82 Å². The summed E-state index contributed by atoms with van der Waals surface area (Å²) in [7, 11) is 1.92. The van der Waals surface area contributed by atoms with E-state index in [1.54, 1.807) is 0 Å². The first kappa shape index (κ1) is 38.0. The number of hydrogen-bond donors (Lipinski definition) is 2. The molecule has 7 nitrogen and oxygen atoms in total. The average molecular weight is 566 g/mol. The lowest BCUT2D eigenvalue weighted by Gasteiger charge is -2.25. The van der Waals surface area contributed by atoms with Gasteiger partial charge in [-0.05, 0) is 13.0 Å². The molecule has 0 aliphatic heterocycles. The molecule has 38 heavy (non-hydrogen) atoms. The molecule has 0 bridgehead atoms. The van der Waals surface area contributed by atoms with Crippen molar-refractivity contribution in [3.63, 3.8) is 0 Å². The Morgan fingerprint density at radius 2 is 1.16 bits per heavy atom. The third-order valence-electron chi connectivity index (χ3n) is 6.87. The molecule has 0 fully saturated rings. The monoisotopic (exact) mass is 565 g/mol. The fourth-order valence-corrected chi connectivity index (χ4v) is 5.29. The second kappa shape index (κ2) is 25.9. The van der Waals surface area contributed by atoms with Crippen LogP contribution >= 0.6 is 7.82 Å². The number of nitrogens with one attached hydrogen (secondary N) is 1. The van der Waals surface area contributed by atoms with Crippen LogP contribution in [0.15, 0.2) is 0 Å². The van der Waals surface area contributed by atoms with Gasteiger partial charge in [-0.2, -0.15) is 0 Å². The smallest absolute Gasteiger partial charge is 0.379 e. The number of quaternary nitrogens is 1. The first-order valence-electron chi connectivity index (χ1n) is 15.9. The lowest BCUT2D eigenvalue weighted by atomic mass is 10.0. The molecule has 230 valence electrons. The van der Waals surface area contributed by atoms with Crippen molar-refractivity contribution < 1.29 is 27.7 Å². The standard InChI is InChI=1S/C30H65N2O5P/c1-6-8-9-10-11-12-13-14-15-16-17-18-19-20-21-22-23-24-26-35-29-30(28-31-7-2)37-38(33,34)36-27-25-32(3,4)5/h30-31H,6-29H2,1-5H3/p+1. The van der Waals surface area contributed by atoms with Gasteiger partial charge in [-0.1, -0.05) is 123 Å². The van der Waals surface area contributed by atoms with Crippen LogP contribution in [0.2, 0.25) is 0 Å². The van der Waals surface area contributed by atoms with E-state index in [1.807, 2.05) is 28.1 Å². The molecule has 0 aliphatic rings. The SMILES string of the molecule is CCCCCCCCCCCCCCCCCCCCOCC(CNCC)OP(=O)(O)OCC[N+](C)(C)C. The van der Waals surface area contributed by atoms with E-state index in [4.69, 9.17) is 13.8 Å². The molecular formula is C30H66N2O5P+. The van der Waals surface area contributed by atoms with Gasteiger partial charge in [-0.25, -0.2) is 4.57 Å². The van der Waals surface area contributed by atoms with Crippen LogP contribution in [0.3, 0.4) is 0 Å². The van der Waals surface area contributed by atoms with E-state index in [0.29, 0.717) is 24.2 Å². The quantitative estimate of drug-likeness (QED) is 0.0524. The largest absolute Gasteiger partial charge is 0.472 e. The first-order chi connectivity index (χ1) is 18.2. The number of unbranched alkanes of at least 4 members (excludes halogenated alkanes) is 17. The number of ether oxygens (including phenoxy) is 1. The zero-order valence-corrected chi connectivity index (χ0v) is 26.9. The Hall–Kier alpha value is -0.0100. The van der Waals surface area contributed by atoms with E-state index >= 15 is 0 Å². The van der Waals surface area contributed by atoms with Crippen LogP contribution in [0.5, 0.6) is 0 Å². The van der Waals surface area contributed by atoms with Gasteiger partial charge in [-0.3, -0.25) is 9.05 Å². The maximum Gasteiger partial charge on any atom is 0.472 e. The van der Waals surface area contributed by atoms with Gasteiger partial charge in [0.1, 0.15) is 19.3 Å². The van der Waals surface area contributed by atoms with Gasteiger partial charge in [0.25, 0.3) is 0 Å². The second-order valence-corrected chi connectivity index (χ2v) is 13.3. The van der Waals surface area contributed by atoms with Crippen molar-refractivity contribution in [2.45, 2.75) is 136 Å². The minimum absolute atomic E-state index is 0.172. The van der Waals surface area contributed by atoms with E-state index in [0.717, 1.165) is 13.0 Å². The highest BCUT2D eigenvalue weighted by molar-refractivity contribution is 7.47. The lowest BCUT2D eigenvalue weighted by Crippen LogP contribution is -2.37. The molecule has 0 rings (SSSR count). The Morgan fingerprint density at radius 1 is 0.711 bits per heavy atom. The predicted octanol–water partition coefficient (Wildman–Crippen LogP) is 7.86. The summed E-state index contributed by atoms with van der Waals surface area (Å²) in [6, 6.07) is 0. The summed E-state index contributed by atoms with van der Waals surface area (Å²) in [5.74, 6) is 0. The highest BCUT2D eigenvalue weighted by Gasteiger charge is 2.27. The molecule has 0 aromatic rings. The molecular weight excluding hydrogens is 499 g/mol. The van der Waals surface area contributed by atoms with Gasteiger partial charge in [0.2, 0.25) is 0 Å². The van der Waals surface area contributed by atoms with E-state index in [2.05, 4.69) is 12.2 Å².